The number of carbonyl (C=O) groups excluding carboxylic acids is 3. The topological polar surface area (TPSA) is 116 Å². The molecule has 9 heteroatoms. The number of benzene rings is 1. The van der Waals surface area contributed by atoms with E-state index in [2.05, 4.69) is 26.0 Å². The Kier molecular flexibility index (Phi) is 9.08. The van der Waals surface area contributed by atoms with Gasteiger partial charge in [-0.3, -0.25) is 24.4 Å². The van der Waals surface area contributed by atoms with Crippen LogP contribution in [0.3, 0.4) is 0 Å². The van der Waals surface area contributed by atoms with Crippen LogP contribution in [0.1, 0.15) is 36.3 Å². The van der Waals surface area contributed by atoms with Gasteiger partial charge < -0.3 is 10.6 Å². The first kappa shape index (κ1) is 23.9. The van der Waals surface area contributed by atoms with E-state index >= 15 is 0 Å². The molecule has 2 rings (SSSR count). The number of amides is 3. The van der Waals surface area contributed by atoms with Gasteiger partial charge in [0.1, 0.15) is 17.8 Å². The van der Waals surface area contributed by atoms with Gasteiger partial charge in [-0.1, -0.05) is 44.2 Å². The molecule has 9 nitrogen and oxygen atoms in total. The van der Waals surface area contributed by atoms with Crippen molar-refractivity contribution >= 4 is 17.7 Å². The number of nitrogens with one attached hydrogen (secondary N) is 3. The van der Waals surface area contributed by atoms with Crippen LogP contribution in [0.5, 0.6) is 0 Å². The summed E-state index contributed by atoms with van der Waals surface area (Å²) in [7, 11) is 3.23. The third kappa shape index (κ3) is 7.45. The highest BCUT2D eigenvalue weighted by molar-refractivity contribution is 5.97. The van der Waals surface area contributed by atoms with Crippen LogP contribution in [0.4, 0.5) is 0 Å². The molecule has 2 aromatic rings. The minimum absolute atomic E-state index is 0.109. The normalized spacial score (nSPS) is 12.7. The van der Waals surface area contributed by atoms with Gasteiger partial charge in [0.05, 0.1) is 6.20 Å². The lowest BCUT2D eigenvalue weighted by molar-refractivity contribution is -0.138. The van der Waals surface area contributed by atoms with Gasteiger partial charge in [-0.25, -0.2) is 10.4 Å². The fourth-order valence-electron chi connectivity index (χ4n) is 3.02. The van der Waals surface area contributed by atoms with Crippen molar-refractivity contribution in [3.05, 3.63) is 60.2 Å². The fourth-order valence-corrected chi connectivity index (χ4v) is 3.02. The van der Waals surface area contributed by atoms with E-state index in [-0.39, 0.29) is 23.9 Å². The molecule has 2 atom stereocenters. The number of hydrogen-bond donors (Lipinski definition) is 3. The largest absolute Gasteiger partial charge is 0.342 e. The monoisotopic (exact) mass is 426 g/mol. The Balaban J connectivity index is 2.22. The number of likely N-dealkylation sites (N-methyl/N-ethyl adjacent to an activating group) is 1. The highest BCUT2D eigenvalue weighted by Gasteiger charge is 2.29. The Morgan fingerprint density at radius 1 is 1.03 bits per heavy atom. The van der Waals surface area contributed by atoms with E-state index in [1.807, 2.05) is 44.2 Å². The molecule has 3 N–H and O–H groups in total. The number of hydrogen-bond acceptors (Lipinski definition) is 6. The van der Waals surface area contributed by atoms with Gasteiger partial charge in [-0.2, -0.15) is 0 Å². The third-order valence-electron chi connectivity index (χ3n) is 4.69. The number of carbonyl (C=O) groups is 3. The van der Waals surface area contributed by atoms with E-state index in [1.165, 1.54) is 23.6 Å². The lowest BCUT2D eigenvalue weighted by Crippen LogP contribution is -2.56. The zero-order valence-electron chi connectivity index (χ0n) is 18.3. The lowest BCUT2D eigenvalue weighted by atomic mass is 10.0. The van der Waals surface area contributed by atoms with E-state index in [4.69, 9.17) is 0 Å². The van der Waals surface area contributed by atoms with Crippen molar-refractivity contribution in [3.8, 4) is 0 Å². The van der Waals surface area contributed by atoms with Crippen LogP contribution in [0, 0.1) is 5.92 Å². The van der Waals surface area contributed by atoms with E-state index in [0.29, 0.717) is 6.42 Å². The Morgan fingerprint density at radius 2 is 1.74 bits per heavy atom. The molecule has 0 saturated carbocycles. The summed E-state index contributed by atoms with van der Waals surface area (Å²) in [5.74, 6) is -1.03. The van der Waals surface area contributed by atoms with Crippen molar-refractivity contribution in [1.82, 2.24) is 31.0 Å². The van der Waals surface area contributed by atoms with Crippen molar-refractivity contribution in [2.75, 3.05) is 14.1 Å². The second-order valence-electron chi connectivity index (χ2n) is 7.62. The van der Waals surface area contributed by atoms with Gasteiger partial charge in [-0.05, 0) is 17.9 Å². The Hall–Kier alpha value is -3.33. The summed E-state index contributed by atoms with van der Waals surface area (Å²) in [5, 5.41) is 6.88. The minimum atomic E-state index is -0.890. The van der Waals surface area contributed by atoms with Crippen molar-refractivity contribution in [2.45, 2.75) is 38.8 Å². The zero-order chi connectivity index (χ0) is 22.8. The molecule has 0 aliphatic carbocycles. The first-order chi connectivity index (χ1) is 14.8. The molecule has 0 radical (unpaired) electrons. The maximum absolute atomic E-state index is 13.2. The highest BCUT2D eigenvalue weighted by atomic mass is 16.2. The van der Waals surface area contributed by atoms with Crippen LogP contribution in [0.2, 0.25) is 0 Å². The summed E-state index contributed by atoms with van der Waals surface area (Å²) in [6, 6.07) is 7.74. The maximum atomic E-state index is 13.2. The van der Waals surface area contributed by atoms with Gasteiger partial charge in [0, 0.05) is 32.9 Å². The molecular formula is C22H30N6O3. The molecule has 31 heavy (non-hydrogen) atoms. The molecule has 0 fully saturated rings. The molecule has 0 bridgehead atoms. The van der Waals surface area contributed by atoms with Gasteiger partial charge in [-0.15, -0.1) is 0 Å². The molecule has 0 spiro atoms. The van der Waals surface area contributed by atoms with Crippen LogP contribution >= 0.6 is 0 Å². The summed E-state index contributed by atoms with van der Waals surface area (Å²) in [6.45, 7) is 3.95. The molecule has 1 aromatic heterocycles. The first-order valence-electron chi connectivity index (χ1n) is 10.2. The van der Waals surface area contributed by atoms with Crippen molar-refractivity contribution in [1.29, 1.82) is 0 Å². The molecular weight excluding hydrogens is 396 g/mol. The van der Waals surface area contributed by atoms with E-state index in [0.717, 1.165) is 5.56 Å². The summed E-state index contributed by atoms with van der Waals surface area (Å²) >= 11 is 0. The summed E-state index contributed by atoms with van der Waals surface area (Å²) < 4.78 is 0. The van der Waals surface area contributed by atoms with Gasteiger partial charge >= 0.3 is 0 Å². The van der Waals surface area contributed by atoms with E-state index in [9.17, 15) is 14.4 Å². The second kappa shape index (κ2) is 11.8. The number of rotatable bonds is 10. The van der Waals surface area contributed by atoms with Crippen LogP contribution in [-0.4, -0.2) is 58.9 Å². The molecule has 3 amide bonds. The van der Waals surface area contributed by atoms with Gasteiger partial charge in [0.2, 0.25) is 5.91 Å². The Morgan fingerprint density at radius 3 is 2.32 bits per heavy atom. The molecule has 1 heterocycles. The van der Waals surface area contributed by atoms with Crippen LogP contribution < -0.4 is 16.1 Å². The highest BCUT2D eigenvalue weighted by Crippen LogP contribution is 2.09. The molecule has 0 saturated heterocycles. The zero-order valence-corrected chi connectivity index (χ0v) is 18.3. The quantitative estimate of drug-likeness (QED) is 0.487. The van der Waals surface area contributed by atoms with Crippen LogP contribution in [0.25, 0.3) is 0 Å². The van der Waals surface area contributed by atoms with Crippen molar-refractivity contribution in [2.24, 2.45) is 5.92 Å². The van der Waals surface area contributed by atoms with Crippen molar-refractivity contribution in [3.63, 3.8) is 0 Å². The Labute approximate surface area is 182 Å². The second-order valence-corrected chi connectivity index (χ2v) is 7.62. The number of hydrazine groups is 1. The average molecular weight is 427 g/mol. The lowest BCUT2D eigenvalue weighted by Gasteiger charge is -2.27. The molecule has 1 aromatic carbocycles. The standard InChI is InChI=1S/C22H30N6O3/c1-15(2)12-18(22(31)28(4)23-3)27-20(29)17(13-16-8-6-5-7-9-16)26-21(30)19-14-24-10-11-25-19/h5-11,14-15,17-18,23H,12-13H2,1-4H3,(H,26,30)(H,27,29)/t17-,18-/m0/s1. The van der Waals surface area contributed by atoms with E-state index in [1.54, 1.807) is 14.1 Å². The van der Waals surface area contributed by atoms with Crippen LogP contribution in [-0.2, 0) is 16.0 Å². The summed E-state index contributed by atoms with van der Waals surface area (Å²) in [5.41, 5.74) is 3.75. The SMILES string of the molecule is CNN(C)C(=O)[C@H](CC(C)C)NC(=O)[C@H](Cc1ccccc1)NC(=O)c1cnccn1. The van der Waals surface area contributed by atoms with Crippen LogP contribution in [0.15, 0.2) is 48.9 Å². The molecule has 0 unspecified atom stereocenters. The maximum Gasteiger partial charge on any atom is 0.272 e. The molecule has 0 aliphatic heterocycles. The number of nitrogens with zero attached hydrogens (tertiary/aromatic N) is 3. The Bertz CT molecular complexity index is 860. The molecule has 0 aliphatic rings. The van der Waals surface area contributed by atoms with E-state index < -0.39 is 23.9 Å². The third-order valence-corrected chi connectivity index (χ3v) is 4.69. The predicted molar refractivity (Wildman–Crippen MR) is 117 cm³/mol. The summed E-state index contributed by atoms with van der Waals surface area (Å²) in [6.07, 6.45) is 4.94. The minimum Gasteiger partial charge on any atom is -0.342 e. The smallest absolute Gasteiger partial charge is 0.272 e. The predicted octanol–water partition coefficient (Wildman–Crippen LogP) is 0.941. The summed E-state index contributed by atoms with van der Waals surface area (Å²) in [4.78, 5) is 46.4. The van der Waals surface area contributed by atoms with Gasteiger partial charge in [0.15, 0.2) is 0 Å². The number of aromatic nitrogens is 2. The average Bonchev–Trinajstić information content (AvgIpc) is 2.78. The first-order valence-corrected chi connectivity index (χ1v) is 10.2. The van der Waals surface area contributed by atoms with Crippen molar-refractivity contribution < 1.29 is 14.4 Å². The van der Waals surface area contributed by atoms with Gasteiger partial charge in [0.25, 0.3) is 11.8 Å². The molecule has 166 valence electrons. The fraction of sp³-hybridized carbons (Fsp3) is 0.409.